The Hall–Kier alpha value is -1.75. The van der Waals surface area contributed by atoms with Gasteiger partial charge in [0.1, 0.15) is 6.10 Å². The lowest BCUT2D eigenvalue weighted by molar-refractivity contribution is -0.0422. The first-order valence-electron chi connectivity index (χ1n) is 6.97. The molecule has 22 heavy (non-hydrogen) atoms. The van der Waals surface area contributed by atoms with Gasteiger partial charge in [-0.3, -0.25) is 0 Å². The summed E-state index contributed by atoms with van der Waals surface area (Å²) in [7, 11) is 1.57. The molecule has 118 valence electrons. The van der Waals surface area contributed by atoms with Crippen molar-refractivity contribution in [3.63, 3.8) is 0 Å². The van der Waals surface area contributed by atoms with E-state index in [4.69, 9.17) is 26.8 Å². The van der Waals surface area contributed by atoms with Crippen LogP contribution in [0.1, 0.15) is 12.5 Å². The van der Waals surface area contributed by atoms with Crippen LogP contribution in [0.2, 0.25) is 5.02 Å². The average Bonchev–Trinajstić information content (AvgIpc) is 2.55. The van der Waals surface area contributed by atoms with Gasteiger partial charge < -0.3 is 20.3 Å². The highest BCUT2D eigenvalue weighted by atomic mass is 35.5. The summed E-state index contributed by atoms with van der Waals surface area (Å²) in [5.41, 5.74) is 5.42. The number of ether oxygens (including phenoxy) is 2. The zero-order chi connectivity index (χ0) is 16.2. The van der Waals surface area contributed by atoms with Crippen LogP contribution in [-0.4, -0.2) is 24.9 Å². The van der Waals surface area contributed by atoms with E-state index in [9.17, 15) is 5.11 Å². The van der Waals surface area contributed by atoms with Crippen LogP contribution in [0, 0.1) is 0 Å². The Bertz CT molecular complexity index is 618. The van der Waals surface area contributed by atoms with Gasteiger partial charge in [-0.05, 0) is 36.8 Å². The lowest BCUT2D eigenvalue weighted by Crippen LogP contribution is -2.46. The van der Waals surface area contributed by atoms with Gasteiger partial charge in [-0.25, -0.2) is 0 Å². The van der Waals surface area contributed by atoms with Crippen LogP contribution in [0.4, 0.5) is 0 Å². The monoisotopic (exact) mass is 321 g/mol. The molecule has 0 radical (unpaired) electrons. The molecule has 0 fully saturated rings. The van der Waals surface area contributed by atoms with Crippen LogP contribution in [0.5, 0.6) is 11.5 Å². The molecule has 2 aromatic rings. The molecule has 3 N–H and O–H groups in total. The van der Waals surface area contributed by atoms with E-state index < -0.39 is 11.7 Å². The van der Waals surface area contributed by atoms with Gasteiger partial charge in [0.2, 0.25) is 0 Å². The maximum Gasteiger partial charge on any atom is 0.162 e. The third-order valence-electron chi connectivity index (χ3n) is 3.67. The quantitative estimate of drug-likeness (QED) is 0.858. The van der Waals surface area contributed by atoms with Crippen molar-refractivity contribution in [2.24, 2.45) is 5.73 Å². The van der Waals surface area contributed by atoms with Gasteiger partial charge in [0.15, 0.2) is 17.1 Å². The molecule has 2 unspecified atom stereocenters. The second-order valence-electron chi connectivity index (χ2n) is 5.12. The number of aliphatic hydroxyl groups is 1. The van der Waals surface area contributed by atoms with Crippen molar-refractivity contribution in [1.29, 1.82) is 0 Å². The van der Waals surface area contributed by atoms with Crippen LogP contribution >= 0.6 is 11.6 Å². The minimum absolute atomic E-state index is 0.0638. The van der Waals surface area contributed by atoms with Crippen LogP contribution in [0.15, 0.2) is 48.5 Å². The molecule has 0 aromatic heterocycles. The molecule has 0 spiro atoms. The third-order valence-corrected chi connectivity index (χ3v) is 3.92. The number of methoxy groups -OCH3 is 1. The van der Waals surface area contributed by atoms with E-state index in [2.05, 4.69) is 0 Å². The van der Waals surface area contributed by atoms with Crippen molar-refractivity contribution in [3.8, 4) is 11.5 Å². The predicted molar refractivity (Wildman–Crippen MR) is 87.5 cm³/mol. The van der Waals surface area contributed by atoms with E-state index in [0.29, 0.717) is 16.5 Å². The maximum absolute atomic E-state index is 10.4. The number of para-hydroxylation sites is 2. The molecule has 0 saturated carbocycles. The molecule has 0 bridgehead atoms. The number of benzene rings is 2. The maximum atomic E-state index is 10.4. The molecule has 0 saturated heterocycles. The van der Waals surface area contributed by atoms with Crippen LogP contribution in [0.3, 0.4) is 0 Å². The van der Waals surface area contributed by atoms with Crippen LogP contribution < -0.4 is 15.2 Å². The van der Waals surface area contributed by atoms with Crippen molar-refractivity contribution in [3.05, 3.63) is 59.1 Å². The molecular formula is C17H20ClNO3. The van der Waals surface area contributed by atoms with E-state index in [-0.39, 0.29) is 6.54 Å². The van der Waals surface area contributed by atoms with E-state index in [1.807, 2.05) is 24.3 Å². The zero-order valence-corrected chi connectivity index (χ0v) is 13.4. The van der Waals surface area contributed by atoms with Crippen molar-refractivity contribution in [2.75, 3.05) is 13.7 Å². The molecule has 0 heterocycles. The predicted octanol–water partition coefficient (Wildman–Crippen LogP) is 2.96. The fourth-order valence-electron chi connectivity index (χ4n) is 2.26. The highest BCUT2D eigenvalue weighted by molar-refractivity contribution is 6.30. The summed E-state index contributed by atoms with van der Waals surface area (Å²) < 4.78 is 11.4. The zero-order valence-electron chi connectivity index (χ0n) is 12.6. The largest absolute Gasteiger partial charge is 0.493 e. The Balaban J connectivity index is 2.43. The number of hydrogen-bond donors (Lipinski definition) is 2. The summed E-state index contributed by atoms with van der Waals surface area (Å²) >= 11 is 5.94. The average molecular weight is 322 g/mol. The Morgan fingerprint density at radius 2 is 1.73 bits per heavy atom. The summed E-state index contributed by atoms with van der Waals surface area (Å²) in [4.78, 5) is 0. The van der Waals surface area contributed by atoms with Gasteiger partial charge in [0.05, 0.1) is 7.11 Å². The van der Waals surface area contributed by atoms with Crippen LogP contribution in [0.25, 0.3) is 0 Å². The highest BCUT2D eigenvalue weighted by Crippen LogP contribution is 2.36. The number of aliphatic hydroxyl groups excluding tert-OH is 1. The molecule has 0 aliphatic carbocycles. The fraction of sp³-hybridized carbons (Fsp3) is 0.294. The Kier molecular flexibility index (Phi) is 5.29. The van der Waals surface area contributed by atoms with Crippen LogP contribution in [-0.2, 0) is 5.60 Å². The first-order valence-corrected chi connectivity index (χ1v) is 7.35. The summed E-state index contributed by atoms with van der Waals surface area (Å²) in [6.45, 7) is 1.86. The third kappa shape index (κ3) is 3.35. The fourth-order valence-corrected chi connectivity index (χ4v) is 2.38. The van der Waals surface area contributed by atoms with Gasteiger partial charge in [-0.1, -0.05) is 35.9 Å². The normalized spacial score (nSPS) is 15.0. The standard InChI is InChI=1S/C17H20ClNO3/c1-17(16(20)11-19,12-7-9-13(18)10-8-12)22-15-6-4-3-5-14(15)21-2/h3-10,16,20H,11,19H2,1-2H3. The number of rotatable bonds is 6. The van der Waals surface area contributed by atoms with Crippen molar-refractivity contribution in [2.45, 2.75) is 18.6 Å². The second-order valence-corrected chi connectivity index (χ2v) is 5.55. The Morgan fingerprint density at radius 1 is 1.14 bits per heavy atom. The molecule has 0 amide bonds. The molecule has 5 heteroatoms. The minimum atomic E-state index is -1.02. The lowest BCUT2D eigenvalue weighted by Gasteiger charge is -2.35. The smallest absolute Gasteiger partial charge is 0.162 e. The van der Waals surface area contributed by atoms with Gasteiger partial charge in [-0.2, -0.15) is 0 Å². The Labute approximate surface area is 135 Å². The van der Waals surface area contributed by atoms with E-state index in [0.717, 1.165) is 5.56 Å². The minimum Gasteiger partial charge on any atom is -0.493 e. The summed E-state index contributed by atoms with van der Waals surface area (Å²) in [5, 5.41) is 11.0. The van der Waals surface area contributed by atoms with Gasteiger partial charge in [0, 0.05) is 11.6 Å². The summed E-state index contributed by atoms with van der Waals surface area (Å²) in [6.07, 6.45) is -0.890. The van der Waals surface area contributed by atoms with E-state index in [1.165, 1.54) is 0 Å². The molecule has 4 nitrogen and oxygen atoms in total. The molecule has 2 atom stereocenters. The topological polar surface area (TPSA) is 64.7 Å². The molecule has 0 aliphatic rings. The van der Waals surface area contributed by atoms with Gasteiger partial charge in [0.25, 0.3) is 0 Å². The Morgan fingerprint density at radius 3 is 2.27 bits per heavy atom. The highest BCUT2D eigenvalue weighted by Gasteiger charge is 2.37. The molecule has 2 rings (SSSR count). The summed E-state index contributed by atoms with van der Waals surface area (Å²) in [6, 6.07) is 14.4. The van der Waals surface area contributed by atoms with E-state index >= 15 is 0 Å². The van der Waals surface area contributed by atoms with Gasteiger partial charge in [-0.15, -0.1) is 0 Å². The first-order chi connectivity index (χ1) is 10.5. The first kappa shape index (κ1) is 16.6. The number of nitrogens with two attached hydrogens (primary N) is 1. The second kappa shape index (κ2) is 7.01. The molecule has 0 aliphatic heterocycles. The van der Waals surface area contributed by atoms with Crippen molar-refractivity contribution < 1.29 is 14.6 Å². The SMILES string of the molecule is COc1ccccc1OC(C)(c1ccc(Cl)cc1)C(O)CN. The lowest BCUT2D eigenvalue weighted by atomic mass is 9.89. The van der Waals surface area contributed by atoms with E-state index in [1.54, 1.807) is 38.3 Å². The van der Waals surface area contributed by atoms with Crippen molar-refractivity contribution >= 4 is 11.6 Å². The molecule has 2 aromatic carbocycles. The van der Waals surface area contributed by atoms with Crippen molar-refractivity contribution in [1.82, 2.24) is 0 Å². The number of hydrogen-bond acceptors (Lipinski definition) is 4. The molecular weight excluding hydrogens is 302 g/mol. The van der Waals surface area contributed by atoms with Gasteiger partial charge >= 0.3 is 0 Å². The number of halogens is 1. The summed E-state index contributed by atoms with van der Waals surface area (Å²) in [5.74, 6) is 1.13.